The molecule has 0 heterocycles. The van der Waals surface area contributed by atoms with Crippen molar-refractivity contribution in [2.75, 3.05) is 5.32 Å². The van der Waals surface area contributed by atoms with Crippen molar-refractivity contribution in [3.63, 3.8) is 0 Å². The lowest BCUT2D eigenvalue weighted by molar-refractivity contribution is -0.156. The standard InChI is InChI=1S/C20H21NO3/c1-13-8-9-14(2)17(12-13)21-19(22)18(15-6-4-3-5-7-15)24-20(23)16-10-11-16/h3-9,12,16,18H,10-11H2,1-2H3,(H,21,22)/t18-/m0/s1. The van der Waals surface area contributed by atoms with E-state index in [4.69, 9.17) is 4.74 Å². The second-order valence-corrected chi connectivity index (χ2v) is 6.31. The number of aryl methyl sites for hydroxylation is 2. The Morgan fingerprint density at radius 2 is 1.79 bits per heavy atom. The van der Waals surface area contributed by atoms with Crippen LogP contribution < -0.4 is 5.32 Å². The molecule has 1 saturated carbocycles. The maximum Gasteiger partial charge on any atom is 0.310 e. The summed E-state index contributed by atoms with van der Waals surface area (Å²) in [5, 5.41) is 2.90. The van der Waals surface area contributed by atoms with Gasteiger partial charge in [0.05, 0.1) is 5.92 Å². The maximum atomic E-state index is 12.8. The Morgan fingerprint density at radius 1 is 1.08 bits per heavy atom. The number of carbonyl (C=O) groups excluding carboxylic acids is 2. The van der Waals surface area contributed by atoms with E-state index in [0.717, 1.165) is 29.7 Å². The molecule has 0 spiro atoms. The molecule has 0 aromatic heterocycles. The van der Waals surface area contributed by atoms with Gasteiger partial charge in [0.1, 0.15) is 0 Å². The lowest BCUT2D eigenvalue weighted by Crippen LogP contribution is -2.26. The first-order valence-electron chi connectivity index (χ1n) is 8.18. The highest BCUT2D eigenvalue weighted by molar-refractivity contribution is 5.96. The van der Waals surface area contributed by atoms with Crippen LogP contribution in [0.5, 0.6) is 0 Å². The van der Waals surface area contributed by atoms with Crippen molar-refractivity contribution < 1.29 is 14.3 Å². The van der Waals surface area contributed by atoms with Crippen molar-refractivity contribution in [3.8, 4) is 0 Å². The van der Waals surface area contributed by atoms with Crippen LogP contribution in [0.1, 0.15) is 35.6 Å². The molecule has 124 valence electrons. The smallest absolute Gasteiger partial charge is 0.310 e. The highest BCUT2D eigenvalue weighted by Gasteiger charge is 2.35. The predicted octanol–water partition coefficient (Wildman–Crippen LogP) is 3.94. The van der Waals surface area contributed by atoms with Gasteiger partial charge >= 0.3 is 5.97 Å². The van der Waals surface area contributed by atoms with Gasteiger partial charge in [-0.05, 0) is 43.9 Å². The van der Waals surface area contributed by atoms with Gasteiger partial charge in [-0.2, -0.15) is 0 Å². The second kappa shape index (κ2) is 6.87. The molecule has 1 atom stereocenters. The third-order valence-corrected chi connectivity index (χ3v) is 4.14. The number of amides is 1. The van der Waals surface area contributed by atoms with Gasteiger partial charge in [0.25, 0.3) is 5.91 Å². The Hall–Kier alpha value is -2.62. The number of carbonyl (C=O) groups is 2. The third-order valence-electron chi connectivity index (χ3n) is 4.14. The predicted molar refractivity (Wildman–Crippen MR) is 92.5 cm³/mol. The topological polar surface area (TPSA) is 55.4 Å². The van der Waals surface area contributed by atoms with Crippen molar-refractivity contribution in [3.05, 3.63) is 65.2 Å². The Kier molecular flexibility index (Phi) is 4.65. The minimum atomic E-state index is -0.931. The van der Waals surface area contributed by atoms with Crippen molar-refractivity contribution in [2.24, 2.45) is 5.92 Å². The molecule has 0 unspecified atom stereocenters. The zero-order valence-corrected chi connectivity index (χ0v) is 13.9. The quantitative estimate of drug-likeness (QED) is 0.848. The summed E-state index contributed by atoms with van der Waals surface area (Å²) in [6.45, 7) is 3.90. The first-order chi connectivity index (χ1) is 11.5. The van der Waals surface area contributed by atoms with Crippen LogP contribution in [0.25, 0.3) is 0 Å². The van der Waals surface area contributed by atoms with Crippen molar-refractivity contribution >= 4 is 17.6 Å². The van der Waals surface area contributed by atoms with Gasteiger partial charge < -0.3 is 10.1 Å². The molecule has 2 aromatic rings. The summed E-state index contributed by atoms with van der Waals surface area (Å²) in [5.74, 6) is -0.673. The molecule has 1 amide bonds. The molecular formula is C20H21NO3. The molecule has 0 bridgehead atoms. The van der Waals surface area contributed by atoms with E-state index in [1.165, 1.54) is 0 Å². The largest absolute Gasteiger partial charge is 0.447 e. The minimum absolute atomic E-state index is 0.0512. The van der Waals surface area contributed by atoms with Crippen molar-refractivity contribution in [1.29, 1.82) is 0 Å². The molecule has 0 saturated heterocycles. The summed E-state index contributed by atoms with van der Waals surface area (Å²) >= 11 is 0. The number of benzene rings is 2. The van der Waals surface area contributed by atoms with E-state index >= 15 is 0 Å². The van der Waals surface area contributed by atoms with Gasteiger partial charge in [-0.25, -0.2) is 0 Å². The van der Waals surface area contributed by atoms with E-state index < -0.39 is 6.10 Å². The van der Waals surface area contributed by atoms with Gasteiger partial charge in [-0.3, -0.25) is 9.59 Å². The lowest BCUT2D eigenvalue weighted by Gasteiger charge is -2.19. The highest BCUT2D eigenvalue weighted by Crippen LogP contribution is 2.33. The van der Waals surface area contributed by atoms with Gasteiger partial charge in [0, 0.05) is 11.3 Å². The van der Waals surface area contributed by atoms with Crippen LogP contribution in [-0.2, 0) is 14.3 Å². The molecule has 2 aromatic carbocycles. The summed E-state index contributed by atoms with van der Waals surface area (Å²) < 4.78 is 5.51. The maximum absolute atomic E-state index is 12.8. The van der Waals surface area contributed by atoms with E-state index in [1.807, 2.05) is 50.2 Å². The molecule has 1 aliphatic rings. The molecule has 1 N–H and O–H groups in total. The van der Waals surface area contributed by atoms with Crippen LogP contribution in [0.3, 0.4) is 0 Å². The number of anilines is 1. The Balaban J connectivity index is 1.82. The Bertz CT molecular complexity index is 751. The highest BCUT2D eigenvalue weighted by atomic mass is 16.5. The van der Waals surface area contributed by atoms with E-state index in [-0.39, 0.29) is 17.8 Å². The van der Waals surface area contributed by atoms with Crippen LogP contribution in [0.2, 0.25) is 0 Å². The van der Waals surface area contributed by atoms with Crippen molar-refractivity contribution in [2.45, 2.75) is 32.8 Å². The molecule has 4 heteroatoms. The fourth-order valence-electron chi connectivity index (χ4n) is 2.50. The summed E-state index contributed by atoms with van der Waals surface area (Å²) in [6, 6.07) is 15.0. The van der Waals surface area contributed by atoms with Gasteiger partial charge in [0.15, 0.2) is 0 Å². The van der Waals surface area contributed by atoms with E-state index in [9.17, 15) is 9.59 Å². The normalized spacial score (nSPS) is 14.8. The number of esters is 1. The van der Waals surface area contributed by atoms with Gasteiger partial charge in [-0.1, -0.05) is 42.5 Å². The zero-order valence-electron chi connectivity index (χ0n) is 13.9. The molecule has 24 heavy (non-hydrogen) atoms. The number of rotatable bonds is 5. The number of hydrogen-bond acceptors (Lipinski definition) is 3. The van der Waals surface area contributed by atoms with Crippen LogP contribution >= 0.6 is 0 Å². The first-order valence-corrected chi connectivity index (χ1v) is 8.18. The lowest BCUT2D eigenvalue weighted by atomic mass is 10.1. The van der Waals surface area contributed by atoms with E-state index in [1.54, 1.807) is 12.1 Å². The Morgan fingerprint density at radius 3 is 2.46 bits per heavy atom. The summed E-state index contributed by atoms with van der Waals surface area (Å²) in [7, 11) is 0. The van der Waals surface area contributed by atoms with Crippen LogP contribution in [0, 0.1) is 19.8 Å². The van der Waals surface area contributed by atoms with Gasteiger partial charge in [-0.15, -0.1) is 0 Å². The number of hydrogen-bond donors (Lipinski definition) is 1. The van der Waals surface area contributed by atoms with Crippen LogP contribution in [0.15, 0.2) is 48.5 Å². The summed E-state index contributed by atoms with van der Waals surface area (Å²) in [6.07, 6.45) is 0.761. The van der Waals surface area contributed by atoms with Crippen molar-refractivity contribution in [1.82, 2.24) is 0 Å². The third kappa shape index (κ3) is 3.82. The first kappa shape index (κ1) is 16.2. The van der Waals surface area contributed by atoms with Gasteiger partial charge in [0.2, 0.25) is 6.10 Å². The summed E-state index contributed by atoms with van der Waals surface area (Å²) in [4.78, 5) is 24.8. The average molecular weight is 323 g/mol. The average Bonchev–Trinajstić information content (AvgIpc) is 3.41. The molecular weight excluding hydrogens is 302 g/mol. The van der Waals surface area contributed by atoms with Crippen LogP contribution in [0.4, 0.5) is 5.69 Å². The molecule has 0 radical (unpaired) electrons. The fraction of sp³-hybridized carbons (Fsp3) is 0.300. The molecule has 1 fully saturated rings. The van der Waals surface area contributed by atoms with E-state index in [0.29, 0.717) is 5.56 Å². The molecule has 1 aliphatic carbocycles. The number of ether oxygens (including phenoxy) is 1. The molecule has 0 aliphatic heterocycles. The van der Waals surface area contributed by atoms with E-state index in [2.05, 4.69) is 5.32 Å². The second-order valence-electron chi connectivity index (χ2n) is 6.31. The monoisotopic (exact) mass is 323 g/mol. The SMILES string of the molecule is Cc1ccc(C)c(NC(=O)[C@@H](OC(=O)C2CC2)c2ccccc2)c1. The number of nitrogens with one attached hydrogen (secondary N) is 1. The fourth-order valence-corrected chi connectivity index (χ4v) is 2.50. The Labute approximate surface area is 141 Å². The zero-order chi connectivity index (χ0) is 17.1. The molecule has 3 rings (SSSR count). The van der Waals surface area contributed by atoms with Crippen LogP contribution in [-0.4, -0.2) is 11.9 Å². The molecule has 4 nitrogen and oxygen atoms in total. The summed E-state index contributed by atoms with van der Waals surface area (Å²) in [5.41, 5.74) is 3.44. The minimum Gasteiger partial charge on any atom is -0.447 e.